The molecular weight excluding hydrogens is 204 g/mol. The molecule has 5 nitrogen and oxygen atoms in total. The topological polar surface area (TPSA) is 70.7 Å². The highest BCUT2D eigenvalue weighted by Crippen LogP contribution is 2.29. The Hall–Kier alpha value is -1.39. The molecule has 1 aromatic rings. The zero-order chi connectivity index (χ0) is 11.5. The number of nitrogens with one attached hydrogen (secondary N) is 2. The average Bonchev–Trinajstić information content (AvgIpc) is 2.84. The summed E-state index contributed by atoms with van der Waals surface area (Å²) in [4.78, 5) is 15.6. The smallest absolute Gasteiger partial charge is 0.290 e. The maximum atomic E-state index is 11.6. The summed E-state index contributed by atoms with van der Waals surface area (Å²) in [6.07, 6.45) is 3.71. The summed E-state index contributed by atoms with van der Waals surface area (Å²) in [5, 5.41) is 9.38. The second-order valence-electron chi connectivity index (χ2n) is 4.74. The number of amides is 1. The van der Waals surface area contributed by atoms with Gasteiger partial charge in [0.25, 0.3) is 5.91 Å². The van der Waals surface area contributed by atoms with Crippen LogP contribution in [0.15, 0.2) is 0 Å². The fourth-order valence-electron chi connectivity index (χ4n) is 2.27. The van der Waals surface area contributed by atoms with Crippen molar-refractivity contribution in [2.75, 3.05) is 6.54 Å². The Morgan fingerprint density at radius 1 is 1.56 bits per heavy atom. The van der Waals surface area contributed by atoms with Gasteiger partial charge in [-0.1, -0.05) is 13.3 Å². The van der Waals surface area contributed by atoms with Crippen LogP contribution in [0.3, 0.4) is 0 Å². The van der Waals surface area contributed by atoms with E-state index in [-0.39, 0.29) is 11.7 Å². The molecule has 1 amide bonds. The van der Waals surface area contributed by atoms with Crippen molar-refractivity contribution in [2.45, 2.75) is 33.1 Å². The van der Waals surface area contributed by atoms with Crippen LogP contribution in [-0.2, 0) is 0 Å². The molecule has 1 fully saturated rings. The Balaban J connectivity index is 1.80. The average molecular weight is 222 g/mol. The fourth-order valence-corrected chi connectivity index (χ4v) is 2.27. The predicted octanol–water partition coefficient (Wildman–Crippen LogP) is 1.28. The van der Waals surface area contributed by atoms with Crippen LogP contribution in [-0.4, -0.2) is 27.6 Å². The van der Waals surface area contributed by atoms with Gasteiger partial charge in [0, 0.05) is 6.54 Å². The van der Waals surface area contributed by atoms with Crippen molar-refractivity contribution < 1.29 is 4.79 Å². The van der Waals surface area contributed by atoms with Gasteiger partial charge < -0.3 is 5.32 Å². The first kappa shape index (κ1) is 11.1. The van der Waals surface area contributed by atoms with E-state index in [1.165, 1.54) is 19.3 Å². The van der Waals surface area contributed by atoms with Crippen molar-refractivity contribution in [3.63, 3.8) is 0 Å². The fraction of sp³-hybridized carbons (Fsp3) is 0.727. The Kier molecular flexibility index (Phi) is 3.22. The number of nitrogens with zero attached hydrogens (tertiary/aromatic N) is 2. The number of hydrogen-bond donors (Lipinski definition) is 2. The minimum atomic E-state index is -0.177. The standard InChI is InChI=1S/C11H18N4O/c1-7-3-4-9(5-7)6-12-11(16)10-13-8(2)14-15-10/h7,9H,3-6H2,1-2H3,(H,12,16)(H,13,14,15). The number of aryl methyl sites for hydroxylation is 1. The Morgan fingerprint density at radius 3 is 2.94 bits per heavy atom. The summed E-state index contributed by atoms with van der Waals surface area (Å²) in [6.45, 7) is 4.79. The van der Waals surface area contributed by atoms with E-state index in [1.807, 2.05) is 0 Å². The summed E-state index contributed by atoms with van der Waals surface area (Å²) >= 11 is 0. The van der Waals surface area contributed by atoms with E-state index in [0.717, 1.165) is 12.5 Å². The summed E-state index contributed by atoms with van der Waals surface area (Å²) in [6, 6.07) is 0. The molecule has 1 saturated carbocycles. The number of H-pyrrole nitrogens is 1. The van der Waals surface area contributed by atoms with E-state index in [1.54, 1.807) is 6.92 Å². The number of rotatable bonds is 3. The van der Waals surface area contributed by atoms with E-state index in [9.17, 15) is 4.79 Å². The van der Waals surface area contributed by atoms with Gasteiger partial charge in [0.15, 0.2) is 0 Å². The molecule has 2 unspecified atom stereocenters. The molecule has 1 aliphatic carbocycles. The Bertz CT molecular complexity index is 374. The molecule has 1 aliphatic rings. The highest BCUT2D eigenvalue weighted by Gasteiger charge is 2.22. The highest BCUT2D eigenvalue weighted by atomic mass is 16.2. The number of aromatic amines is 1. The van der Waals surface area contributed by atoms with Gasteiger partial charge in [0.05, 0.1) is 0 Å². The van der Waals surface area contributed by atoms with Crippen LogP contribution >= 0.6 is 0 Å². The van der Waals surface area contributed by atoms with Crippen molar-refractivity contribution >= 4 is 5.91 Å². The zero-order valence-corrected chi connectivity index (χ0v) is 9.79. The Labute approximate surface area is 95.0 Å². The van der Waals surface area contributed by atoms with Crippen LogP contribution in [0.4, 0.5) is 0 Å². The first-order valence-electron chi connectivity index (χ1n) is 5.82. The van der Waals surface area contributed by atoms with Crippen LogP contribution in [0.25, 0.3) is 0 Å². The maximum Gasteiger partial charge on any atom is 0.290 e. The van der Waals surface area contributed by atoms with Crippen molar-refractivity contribution in [2.24, 2.45) is 11.8 Å². The number of hydrogen-bond acceptors (Lipinski definition) is 3. The minimum Gasteiger partial charge on any atom is -0.349 e. The first-order chi connectivity index (χ1) is 7.65. The molecule has 0 saturated heterocycles. The van der Waals surface area contributed by atoms with Gasteiger partial charge >= 0.3 is 0 Å². The van der Waals surface area contributed by atoms with Crippen LogP contribution in [0.5, 0.6) is 0 Å². The maximum absolute atomic E-state index is 11.6. The first-order valence-corrected chi connectivity index (χ1v) is 5.82. The quantitative estimate of drug-likeness (QED) is 0.809. The summed E-state index contributed by atoms with van der Waals surface area (Å²) in [7, 11) is 0. The third-order valence-electron chi connectivity index (χ3n) is 3.16. The Morgan fingerprint density at radius 2 is 2.38 bits per heavy atom. The predicted molar refractivity (Wildman–Crippen MR) is 60.0 cm³/mol. The van der Waals surface area contributed by atoms with Gasteiger partial charge in [-0.05, 0) is 31.6 Å². The molecule has 0 radical (unpaired) electrons. The van der Waals surface area contributed by atoms with Gasteiger partial charge in [-0.3, -0.25) is 9.89 Å². The molecule has 2 N–H and O–H groups in total. The van der Waals surface area contributed by atoms with Gasteiger partial charge in [0.2, 0.25) is 5.82 Å². The molecule has 2 rings (SSSR count). The monoisotopic (exact) mass is 222 g/mol. The minimum absolute atomic E-state index is 0.177. The number of carbonyl (C=O) groups is 1. The van der Waals surface area contributed by atoms with Crippen LogP contribution in [0, 0.1) is 18.8 Å². The van der Waals surface area contributed by atoms with Crippen molar-refractivity contribution in [3.8, 4) is 0 Å². The molecule has 1 aromatic heterocycles. The molecule has 2 atom stereocenters. The lowest BCUT2D eigenvalue weighted by Crippen LogP contribution is -2.29. The second-order valence-corrected chi connectivity index (χ2v) is 4.74. The van der Waals surface area contributed by atoms with Crippen LogP contribution in [0.2, 0.25) is 0 Å². The van der Waals surface area contributed by atoms with E-state index >= 15 is 0 Å². The third-order valence-corrected chi connectivity index (χ3v) is 3.16. The third kappa shape index (κ3) is 2.59. The second kappa shape index (κ2) is 4.63. The lowest BCUT2D eigenvalue weighted by Gasteiger charge is -2.09. The molecule has 88 valence electrons. The number of aromatic nitrogens is 3. The highest BCUT2D eigenvalue weighted by molar-refractivity contribution is 5.90. The lowest BCUT2D eigenvalue weighted by atomic mass is 10.1. The summed E-state index contributed by atoms with van der Waals surface area (Å²) in [5.74, 6) is 2.15. The van der Waals surface area contributed by atoms with Crippen molar-refractivity contribution in [1.82, 2.24) is 20.5 Å². The van der Waals surface area contributed by atoms with Gasteiger partial charge in [-0.25, -0.2) is 4.98 Å². The molecule has 1 heterocycles. The molecule has 16 heavy (non-hydrogen) atoms. The molecular formula is C11H18N4O. The van der Waals surface area contributed by atoms with E-state index in [2.05, 4.69) is 27.4 Å². The number of carbonyl (C=O) groups excluding carboxylic acids is 1. The molecule has 0 bridgehead atoms. The van der Waals surface area contributed by atoms with Crippen molar-refractivity contribution in [1.29, 1.82) is 0 Å². The molecule has 0 spiro atoms. The largest absolute Gasteiger partial charge is 0.349 e. The van der Waals surface area contributed by atoms with Gasteiger partial charge in [-0.2, -0.15) is 0 Å². The zero-order valence-electron chi connectivity index (χ0n) is 9.79. The summed E-state index contributed by atoms with van der Waals surface area (Å²) < 4.78 is 0. The van der Waals surface area contributed by atoms with Crippen LogP contribution < -0.4 is 5.32 Å². The van der Waals surface area contributed by atoms with Gasteiger partial charge in [0.1, 0.15) is 5.82 Å². The van der Waals surface area contributed by atoms with E-state index in [4.69, 9.17) is 0 Å². The van der Waals surface area contributed by atoms with E-state index in [0.29, 0.717) is 11.7 Å². The SMILES string of the molecule is Cc1nc(C(=O)NCC2CCC(C)C2)n[nH]1. The van der Waals surface area contributed by atoms with Crippen LogP contribution in [0.1, 0.15) is 42.6 Å². The molecule has 0 aliphatic heterocycles. The molecule has 5 heteroatoms. The van der Waals surface area contributed by atoms with Crippen molar-refractivity contribution in [3.05, 3.63) is 11.6 Å². The lowest BCUT2D eigenvalue weighted by molar-refractivity contribution is 0.0937. The molecule has 0 aromatic carbocycles. The van der Waals surface area contributed by atoms with E-state index < -0.39 is 0 Å². The normalized spacial score (nSPS) is 24.6. The van der Waals surface area contributed by atoms with Gasteiger partial charge in [-0.15, -0.1) is 5.10 Å². The summed E-state index contributed by atoms with van der Waals surface area (Å²) in [5.41, 5.74) is 0.